The van der Waals surface area contributed by atoms with E-state index < -0.39 is 5.97 Å². The summed E-state index contributed by atoms with van der Waals surface area (Å²) >= 11 is 0. The molecule has 0 aromatic heterocycles. The van der Waals surface area contributed by atoms with Crippen LogP contribution in [-0.2, 0) is 9.59 Å². The zero-order valence-electron chi connectivity index (χ0n) is 12.8. The number of aliphatic carboxylic acids is 1. The van der Waals surface area contributed by atoms with Crippen molar-refractivity contribution in [1.82, 2.24) is 9.80 Å². The number of hydrogen-bond donors (Lipinski definition) is 1. The van der Waals surface area contributed by atoms with E-state index in [4.69, 9.17) is 5.11 Å². The second-order valence-corrected chi connectivity index (χ2v) is 5.60. The number of unbranched alkanes of at least 4 members (excludes halogenated alkanes) is 1. The van der Waals surface area contributed by atoms with Gasteiger partial charge in [-0.05, 0) is 19.3 Å². The van der Waals surface area contributed by atoms with Crippen molar-refractivity contribution < 1.29 is 14.7 Å². The highest BCUT2D eigenvalue weighted by Crippen LogP contribution is 2.17. The van der Waals surface area contributed by atoms with Crippen molar-refractivity contribution in [3.8, 4) is 0 Å². The zero-order chi connectivity index (χ0) is 15.0. The largest absolute Gasteiger partial charge is 0.480 e. The van der Waals surface area contributed by atoms with Crippen LogP contribution in [0.3, 0.4) is 0 Å². The molecule has 1 aliphatic heterocycles. The summed E-state index contributed by atoms with van der Waals surface area (Å²) in [5, 5.41) is 8.83. The molecule has 0 radical (unpaired) electrons. The third-order valence-electron chi connectivity index (χ3n) is 4.01. The third-order valence-corrected chi connectivity index (χ3v) is 4.01. The van der Waals surface area contributed by atoms with E-state index in [0.717, 1.165) is 45.2 Å². The van der Waals surface area contributed by atoms with Crippen LogP contribution in [0.25, 0.3) is 0 Å². The van der Waals surface area contributed by atoms with E-state index in [0.29, 0.717) is 13.1 Å². The number of rotatable bonds is 7. The van der Waals surface area contributed by atoms with Crippen molar-refractivity contribution in [3.05, 3.63) is 0 Å². The molecule has 20 heavy (non-hydrogen) atoms. The van der Waals surface area contributed by atoms with Crippen LogP contribution in [-0.4, -0.2) is 59.5 Å². The molecular formula is C15H28N2O3. The zero-order valence-corrected chi connectivity index (χ0v) is 12.8. The molecule has 0 bridgehead atoms. The molecule has 116 valence electrons. The Labute approximate surface area is 121 Å². The topological polar surface area (TPSA) is 60.9 Å². The summed E-state index contributed by atoms with van der Waals surface area (Å²) in [7, 11) is 0. The molecule has 0 aliphatic carbocycles. The predicted molar refractivity (Wildman–Crippen MR) is 78.6 cm³/mol. The summed E-state index contributed by atoms with van der Waals surface area (Å²) in [6.45, 7) is 7.16. The van der Waals surface area contributed by atoms with E-state index in [1.807, 2.05) is 9.80 Å². The Morgan fingerprint density at radius 3 is 2.50 bits per heavy atom. The second-order valence-electron chi connectivity index (χ2n) is 5.60. The highest BCUT2D eigenvalue weighted by Gasteiger charge is 2.25. The van der Waals surface area contributed by atoms with Crippen molar-refractivity contribution in [3.63, 3.8) is 0 Å². The molecule has 5 heteroatoms. The van der Waals surface area contributed by atoms with Crippen LogP contribution in [0.5, 0.6) is 0 Å². The van der Waals surface area contributed by atoms with Crippen LogP contribution < -0.4 is 0 Å². The molecule has 0 aromatic carbocycles. The molecule has 1 amide bonds. The van der Waals surface area contributed by atoms with Crippen molar-refractivity contribution in [1.29, 1.82) is 0 Å². The summed E-state index contributed by atoms with van der Waals surface area (Å²) in [5.41, 5.74) is 0. The van der Waals surface area contributed by atoms with Crippen molar-refractivity contribution in [2.75, 3.05) is 32.7 Å². The Morgan fingerprint density at radius 1 is 1.15 bits per heavy atom. The molecule has 1 N–H and O–H groups in total. The molecule has 0 spiro atoms. The van der Waals surface area contributed by atoms with Gasteiger partial charge in [-0.25, -0.2) is 0 Å². The molecule has 0 saturated carbocycles. The Kier molecular flexibility index (Phi) is 7.59. The van der Waals surface area contributed by atoms with Gasteiger partial charge in [-0.3, -0.25) is 14.5 Å². The van der Waals surface area contributed by atoms with Crippen LogP contribution in [0.4, 0.5) is 0 Å². The van der Waals surface area contributed by atoms with Gasteiger partial charge in [0.2, 0.25) is 5.91 Å². The lowest BCUT2D eigenvalue weighted by atomic mass is 9.97. The summed E-state index contributed by atoms with van der Waals surface area (Å²) in [4.78, 5) is 27.1. The van der Waals surface area contributed by atoms with Crippen LogP contribution in [0.15, 0.2) is 0 Å². The highest BCUT2D eigenvalue weighted by molar-refractivity contribution is 5.78. The van der Waals surface area contributed by atoms with E-state index in [-0.39, 0.29) is 18.4 Å². The van der Waals surface area contributed by atoms with E-state index in [1.54, 1.807) is 0 Å². The minimum absolute atomic E-state index is 0.0784. The Hall–Kier alpha value is -1.10. The van der Waals surface area contributed by atoms with E-state index in [1.165, 1.54) is 0 Å². The molecule has 1 fully saturated rings. The number of carbonyl (C=O) groups is 2. The minimum atomic E-state index is -0.792. The van der Waals surface area contributed by atoms with Gasteiger partial charge in [0.15, 0.2) is 0 Å². The smallest absolute Gasteiger partial charge is 0.317 e. The normalized spacial score (nSPS) is 18.6. The lowest BCUT2D eigenvalue weighted by Crippen LogP contribution is -2.39. The van der Waals surface area contributed by atoms with Crippen molar-refractivity contribution in [2.24, 2.45) is 5.92 Å². The molecule has 1 saturated heterocycles. The second kappa shape index (κ2) is 8.95. The fraction of sp³-hybridized carbons (Fsp3) is 0.867. The number of amides is 1. The quantitative estimate of drug-likeness (QED) is 0.774. The van der Waals surface area contributed by atoms with Gasteiger partial charge < -0.3 is 10.0 Å². The number of nitrogens with zero attached hydrogens (tertiary/aromatic N) is 2. The summed E-state index contributed by atoms with van der Waals surface area (Å²) in [6.07, 6.45) is 4.96. The lowest BCUT2D eigenvalue weighted by Gasteiger charge is -2.25. The maximum Gasteiger partial charge on any atom is 0.317 e. The third kappa shape index (κ3) is 5.49. The van der Waals surface area contributed by atoms with Gasteiger partial charge >= 0.3 is 5.97 Å². The average Bonchev–Trinajstić information content (AvgIpc) is 2.64. The fourth-order valence-corrected chi connectivity index (χ4v) is 2.75. The number of carboxylic acids is 1. The van der Waals surface area contributed by atoms with Crippen molar-refractivity contribution in [2.45, 2.75) is 46.0 Å². The fourth-order valence-electron chi connectivity index (χ4n) is 2.75. The molecule has 1 heterocycles. The van der Waals surface area contributed by atoms with Gasteiger partial charge in [0.1, 0.15) is 0 Å². The van der Waals surface area contributed by atoms with Crippen LogP contribution in [0, 0.1) is 5.92 Å². The summed E-state index contributed by atoms with van der Waals surface area (Å²) in [6, 6.07) is 0. The Morgan fingerprint density at radius 2 is 1.90 bits per heavy atom. The van der Waals surface area contributed by atoms with E-state index >= 15 is 0 Å². The number of carbonyl (C=O) groups excluding carboxylic acids is 1. The van der Waals surface area contributed by atoms with E-state index in [2.05, 4.69) is 13.8 Å². The first kappa shape index (κ1) is 17.0. The summed E-state index contributed by atoms with van der Waals surface area (Å²) in [5.74, 6) is -0.391. The minimum Gasteiger partial charge on any atom is -0.480 e. The van der Waals surface area contributed by atoms with Crippen LogP contribution >= 0.6 is 0 Å². The van der Waals surface area contributed by atoms with Gasteiger partial charge in [-0.15, -0.1) is 0 Å². The molecule has 1 atom stereocenters. The molecule has 0 aromatic rings. The van der Waals surface area contributed by atoms with Gasteiger partial charge in [-0.2, -0.15) is 0 Å². The van der Waals surface area contributed by atoms with Gasteiger partial charge in [-0.1, -0.05) is 26.7 Å². The first-order chi connectivity index (χ1) is 9.58. The maximum absolute atomic E-state index is 12.5. The summed E-state index contributed by atoms with van der Waals surface area (Å²) < 4.78 is 0. The van der Waals surface area contributed by atoms with Crippen LogP contribution in [0.1, 0.15) is 46.0 Å². The molecule has 1 aliphatic rings. The SMILES string of the molecule is CCCCC(CC)C(=O)N1CCCN(CC(=O)O)CC1. The monoisotopic (exact) mass is 284 g/mol. The Balaban J connectivity index is 2.50. The van der Waals surface area contributed by atoms with Crippen LogP contribution in [0.2, 0.25) is 0 Å². The van der Waals surface area contributed by atoms with Gasteiger partial charge in [0, 0.05) is 32.1 Å². The van der Waals surface area contributed by atoms with Gasteiger partial charge in [0.05, 0.1) is 6.54 Å². The standard InChI is InChI=1S/C15H28N2O3/c1-3-5-7-13(4-2)15(20)17-9-6-8-16(10-11-17)12-14(18)19/h13H,3-12H2,1-2H3,(H,18,19). The predicted octanol–water partition coefficient (Wildman–Crippen LogP) is 1.82. The average molecular weight is 284 g/mol. The molecule has 5 nitrogen and oxygen atoms in total. The molecular weight excluding hydrogens is 256 g/mol. The first-order valence-electron chi connectivity index (χ1n) is 7.81. The van der Waals surface area contributed by atoms with Crippen molar-refractivity contribution >= 4 is 11.9 Å². The molecule has 1 unspecified atom stereocenters. The lowest BCUT2D eigenvalue weighted by molar-refractivity contribution is -0.138. The first-order valence-corrected chi connectivity index (χ1v) is 7.81. The number of hydrogen-bond acceptors (Lipinski definition) is 3. The number of carboxylic acid groups (broad SMARTS) is 1. The Bertz CT molecular complexity index is 320. The van der Waals surface area contributed by atoms with E-state index in [9.17, 15) is 9.59 Å². The highest BCUT2D eigenvalue weighted by atomic mass is 16.4. The molecule has 1 rings (SSSR count). The van der Waals surface area contributed by atoms with Gasteiger partial charge in [0.25, 0.3) is 0 Å². The maximum atomic E-state index is 12.5.